The maximum atomic E-state index is 12.7. The molecule has 7 nitrogen and oxygen atoms in total. The van der Waals surface area contributed by atoms with Gasteiger partial charge in [-0.3, -0.25) is 19.5 Å². The van der Waals surface area contributed by atoms with E-state index in [1.54, 1.807) is 17.8 Å². The van der Waals surface area contributed by atoms with Gasteiger partial charge in [-0.15, -0.1) is 11.8 Å². The number of carboxylic acids is 1. The van der Waals surface area contributed by atoms with E-state index in [2.05, 4.69) is 10.3 Å². The van der Waals surface area contributed by atoms with E-state index in [1.807, 2.05) is 48.5 Å². The van der Waals surface area contributed by atoms with Crippen LogP contribution < -0.4 is 5.32 Å². The number of nitrogens with zero attached hydrogens (tertiary/aromatic N) is 2. The first-order chi connectivity index (χ1) is 15.0. The molecular weight excluding hydrogens is 434 g/mol. The fraction of sp³-hybridized carbons (Fsp3) is 0.182. The van der Waals surface area contributed by atoms with E-state index in [0.717, 1.165) is 11.1 Å². The maximum absolute atomic E-state index is 12.7. The molecule has 0 unspecified atom stereocenters. The summed E-state index contributed by atoms with van der Waals surface area (Å²) in [4.78, 5) is 42.9. The van der Waals surface area contributed by atoms with Crippen LogP contribution in [0.1, 0.15) is 11.1 Å². The standard InChI is InChI=1S/C22H19N3O4S2/c26-17(11-14-5-2-1-3-6-14)24-18-20(27)25-19(22(28)29)16(13-31-21(18)25)30-10-8-15-7-4-9-23-12-15/h1-10,12,18,21H,11,13H2,(H,24,26)(H,28,29)/b10-8-/t18-,21-/m1/s1. The Balaban J connectivity index is 1.43. The highest BCUT2D eigenvalue weighted by molar-refractivity contribution is 8.08. The van der Waals surface area contributed by atoms with Gasteiger partial charge < -0.3 is 10.4 Å². The third-order valence-electron chi connectivity index (χ3n) is 4.82. The van der Waals surface area contributed by atoms with Crippen molar-refractivity contribution in [3.8, 4) is 0 Å². The van der Waals surface area contributed by atoms with Crippen molar-refractivity contribution in [2.45, 2.75) is 17.8 Å². The van der Waals surface area contributed by atoms with E-state index in [0.29, 0.717) is 10.7 Å². The Morgan fingerprint density at radius 3 is 2.77 bits per heavy atom. The van der Waals surface area contributed by atoms with E-state index in [4.69, 9.17) is 0 Å². The zero-order valence-corrected chi connectivity index (χ0v) is 17.9. The molecule has 1 aromatic carbocycles. The number of carbonyl (C=O) groups is 3. The number of amides is 2. The molecule has 1 saturated heterocycles. The molecule has 3 heterocycles. The normalized spacial score (nSPS) is 20.4. The number of rotatable bonds is 7. The first-order valence-electron chi connectivity index (χ1n) is 9.52. The van der Waals surface area contributed by atoms with Gasteiger partial charge in [0.25, 0.3) is 5.91 Å². The number of carboxylic acid groups (broad SMARTS) is 1. The van der Waals surface area contributed by atoms with Gasteiger partial charge >= 0.3 is 5.97 Å². The maximum Gasteiger partial charge on any atom is 0.353 e. The van der Waals surface area contributed by atoms with Crippen LogP contribution in [0.15, 0.2) is 70.9 Å². The second-order valence-electron chi connectivity index (χ2n) is 6.90. The number of β-lactam (4-membered cyclic amide) rings is 1. The number of aliphatic carboxylic acids is 1. The molecule has 2 aliphatic heterocycles. The topological polar surface area (TPSA) is 99.6 Å². The van der Waals surface area contributed by atoms with Crippen molar-refractivity contribution in [1.82, 2.24) is 15.2 Å². The monoisotopic (exact) mass is 453 g/mol. The minimum absolute atomic E-state index is 0.0110. The molecular formula is C22H19N3O4S2. The molecule has 31 heavy (non-hydrogen) atoms. The van der Waals surface area contributed by atoms with Gasteiger partial charge in [0, 0.05) is 23.1 Å². The Morgan fingerprint density at radius 1 is 1.26 bits per heavy atom. The van der Waals surface area contributed by atoms with Crippen molar-refractivity contribution in [1.29, 1.82) is 0 Å². The second kappa shape index (κ2) is 9.40. The average molecular weight is 454 g/mol. The predicted molar refractivity (Wildman–Crippen MR) is 121 cm³/mol. The van der Waals surface area contributed by atoms with E-state index in [9.17, 15) is 19.5 Å². The van der Waals surface area contributed by atoms with Gasteiger partial charge in [-0.2, -0.15) is 0 Å². The molecule has 2 atom stereocenters. The first-order valence-corrected chi connectivity index (χ1v) is 11.4. The lowest BCUT2D eigenvalue weighted by atomic mass is 10.0. The molecule has 0 radical (unpaired) electrons. The van der Waals surface area contributed by atoms with Gasteiger partial charge in [-0.25, -0.2) is 4.79 Å². The molecule has 0 bridgehead atoms. The third kappa shape index (κ3) is 4.67. The Hall–Kier alpha value is -3.04. The molecule has 0 aliphatic carbocycles. The predicted octanol–water partition coefficient (Wildman–Crippen LogP) is 2.72. The number of thioether (sulfide) groups is 2. The highest BCUT2D eigenvalue weighted by Crippen LogP contribution is 2.43. The largest absolute Gasteiger partial charge is 0.477 e. The van der Waals surface area contributed by atoms with Gasteiger partial charge in [0.1, 0.15) is 17.1 Å². The summed E-state index contributed by atoms with van der Waals surface area (Å²) in [6.45, 7) is 0. The number of hydrogen-bond acceptors (Lipinski definition) is 6. The number of nitrogens with one attached hydrogen (secondary N) is 1. The quantitative estimate of drug-likeness (QED) is 0.622. The molecule has 2 aliphatic rings. The molecule has 158 valence electrons. The zero-order valence-electron chi connectivity index (χ0n) is 16.3. The van der Waals surface area contributed by atoms with Crippen LogP contribution in [0.4, 0.5) is 0 Å². The van der Waals surface area contributed by atoms with Crippen LogP contribution in [0.5, 0.6) is 0 Å². The van der Waals surface area contributed by atoms with Crippen molar-refractivity contribution < 1.29 is 19.5 Å². The summed E-state index contributed by atoms with van der Waals surface area (Å²) in [7, 11) is 0. The van der Waals surface area contributed by atoms with Gasteiger partial charge in [-0.1, -0.05) is 48.2 Å². The average Bonchev–Trinajstić information content (AvgIpc) is 2.78. The van der Waals surface area contributed by atoms with Crippen molar-refractivity contribution in [3.63, 3.8) is 0 Å². The van der Waals surface area contributed by atoms with Crippen molar-refractivity contribution in [2.75, 3.05) is 5.75 Å². The lowest BCUT2D eigenvalue weighted by Crippen LogP contribution is -2.70. The number of pyridine rings is 1. The Morgan fingerprint density at radius 2 is 2.06 bits per heavy atom. The zero-order chi connectivity index (χ0) is 21.8. The molecule has 4 rings (SSSR count). The fourth-order valence-electron chi connectivity index (χ4n) is 3.36. The van der Waals surface area contributed by atoms with Gasteiger partial charge in [0.05, 0.1) is 6.42 Å². The van der Waals surface area contributed by atoms with E-state index >= 15 is 0 Å². The van der Waals surface area contributed by atoms with Crippen LogP contribution in [0.3, 0.4) is 0 Å². The Kier molecular flexibility index (Phi) is 6.43. The fourth-order valence-corrected chi connectivity index (χ4v) is 5.71. The van der Waals surface area contributed by atoms with Crippen molar-refractivity contribution in [3.05, 3.63) is 82.0 Å². The number of hydrogen-bond donors (Lipinski definition) is 2. The van der Waals surface area contributed by atoms with E-state index < -0.39 is 23.3 Å². The lowest BCUT2D eigenvalue weighted by molar-refractivity contribution is -0.150. The Bertz CT molecular complexity index is 1060. The van der Waals surface area contributed by atoms with Gasteiger partial charge in [0.2, 0.25) is 5.91 Å². The molecule has 2 N–H and O–H groups in total. The summed E-state index contributed by atoms with van der Waals surface area (Å²) in [6.07, 6.45) is 5.39. The van der Waals surface area contributed by atoms with Gasteiger partial charge in [-0.05, 0) is 28.7 Å². The number of carbonyl (C=O) groups excluding carboxylic acids is 2. The third-order valence-corrected chi connectivity index (χ3v) is 7.17. The summed E-state index contributed by atoms with van der Waals surface area (Å²) < 4.78 is 0. The summed E-state index contributed by atoms with van der Waals surface area (Å²) >= 11 is 2.73. The molecule has 0 saturated carbocycles. The van der Waals surface area contributed by atoms with Crippen molar-refractivity contribution >= 4 is 47.4 Å². The molecule has 2 amide bonds. The van der Waals surface area contributed by atoms with Gasteiger partial charge in [0.15, 0.2) is 0 Å². The van der Waals surface area contributed by atoms with E-state index in [1.165, 1.54) is 28.4 Å². The number of benzene rings is 1. The van der Waals surface area contributed by atoms with Crippen LogP contribution in [-0.4, -0.2) is 49.9 Å². The molecule has 1 fully saturated rings. The highest BCUT2D eigenvalue weighted by Gasteiger charge is 2.54. The van der Waals surface area contributed by atoms with Crippen LogP contribution in [0.2, 0.25) is 0 Å². The summed E-state index contributed by atoms with van der Waals surface area (Å²) in [6, 6.07) is 12.3. The van der Waals surface area contributed by atoms with Crippen LogP contribution in [0.25, 0.3) is 6.08 Å². The SMILES string of the molecule is O=C(Cc1ccccc1)N[C@@H]1C(=O)N2C(C(=O)O)=C(S/C=C\c3cccnc3)CS[C@H]12. The smallest absolute Gasteiger partial charge is 0.353 e. The second-order valence-corrected chi connectivity index (χ2v) is 9.01. The summed E-state index contributed by atoms with van der Waals surface area (Å²) in [5.74, 6) is -1.36. The lowest BCUT2D eigenvalue weighted by Gasteiger charge is -2.49. The number of aromatic nitrogens is 1. The molecule has 1 aromatic heterocycles. The number of fused-ring (bicyclic) bond motifs is 1. The van der Waals surface area contributed by atoms with E-state index in [-0.39, 0.29) is 18.0 Å². The summed E-state index contributed by atoms with van der Waals surface area (Å²) in [5, 5.41) is 13.9. The van der Waals surface area contributed by atoms with Crippen LogP contribution >= 0.6 is 23.5 Å². The van der Waals surface area contributed by atoms with Crippen LogP contribution in [0, 0.1) is 0 Å². The molecule has 0 spiro atoms. The Labute approximate surface area is 187 Å². The molecule has 2 aromatic rings. The highest BCUT2D eigenvalue weighted by atomic mass is 32.2. The minimum Gasteiger partial charge on any atom is -0.477 e. The van der Waals surface area contributed by atoms with Crippen LogP contribution in [-0.2, 0) is 20.8 Å². The molecule has 9 heteroatoms. The van der Waals surface area contributed by atoms with Crippen molar-refractivity contribution in [2.24, 2.45) is 0 Å². The first kappa shape index (κ1) is 21.2. The minimum atomic E-state index is -1.15. The summed E-state index contributed by atoms with van der Waals surface area (Å²) in [5.41, 5.74) is 1.74.